The molecule has 0 unspecified atom stereocenters. The summed E-state index contributed by atoms with van der Waals surface area (Å²) in [6, 6.07) is 6.19. The maximum absolute atomic E-state index is 12.6. The quantitative estimate of drug-likeness (QED) is 0.456. The average Bonchev–Trinajstić information content (AvgIpc) is 2.82. The predicted octanol–water partition coefficient (Wildman–Crippen LogP) is 4.00. The molecule has 0 amide bonds. The summed E-state index contributed by atoms with van der Waals surface area (Å²) in [6.45, 7) is -0.0483. The fraction of sp³-hybridized carbons (Fsp3) is 0.167. The summed E-state index contributed by atoms with van der Waals surface area (Å²) in [6.07, 6.45) is 1.56. The van der Waals surface area contributed by atoms with Crippen LogP contribution in [0.2, 0.25) is 0 Å². The SMILES string of the molecule is O=C(Br)c1cccc(SC(F)F)c1COc1ccn(S)n1. The molecule has 2 rings (SSSR count). The maximum Gasteiger partial charge on any atom is 0.288 e. The topological polar surface area (TPSA) is 44.1 Å². The van der Waals surface area contributed by atoms with Gasteiger partial charge in [0, 0.05) is 28.3 Å². The Morgan fingerprint density at radius 3 is 2.81 bits per heavy atom. The van der Waals surface area contributed by atoms with Crippen molar-refractivity contribution in [2.45, 2.75) is 17.3 Å². The number of alkyl halides is 2. The van der Waals surface area contributed by atoms with Crippen molar-refractivity contribution in [1.82, 2.24) is 9.19 Å². The second-order valence-electron chi connectivity index (χ2n) is 3.80. The first-order chi connectivity index (χ1) is 9.97. The van der Waals surface area contributed by atoms with Crippen LogP contribution in [0.1, 0.15) is 15.9 Å². The first-order valence-corrected chi connectivity index (χ1v) is 7.69. The average molecular weight is 395 g/mol. The Kier molecular flexibility index (Phi) is 5.65. The highest BCUT2D eigenvalue weighted by Crippen LogP contribution is 2.32. The fourth-order valence-corrected chi connectivity index (χ4v) is 2.81. The summed E-state index contributed by atoms with van der Waals surface area (Å²) in [5, 5.41) is 3.90. The summed E-state index contributed by atoms with van der Waals surface area (Å²) >= 11 is 7.18. The second kappa shape index (κ2) is 7.28. The largest absolute Gasteiger partial charge is 0.472 e. The van der Waals surface area contributed by atoms with Crippen LogP contribution < -0.4 is 4.74 Å². The number of thioether (sulfide) groups is 1. The normalized spacial score (nSPS) is 10.9. The van der Waals surface area contributed by atoms with Gasteiger partial charge in [0.25, 0.3) is 5.76 Å². The van der Waals surface area contributed by atoms with E-state index in [0.717, 1.165) is 0 Å². The zero-order chi connectivity index (χ0) is 15.4. The van der Waals surface area contributed by atoms with Gasteiger partial charge in [-0.05, 0) is 34.8 Å². The van der Waals surface area contributed by atoms with Gasteiger partial charge in [-0.25, -0.2) is 4.09 Å². The molecule has 0 aliphatic carbocycles. The van der Waals surface area contributed by atoms with E-state index in [0.29, 0.717) is 22.2 Å². The molecule has 0 spiro atoms. The van der Waals surface area contributed by atoms with Crippen LogP contribution in [0.4, 0.5) is 8.78 Å². The molecule has 0 saturated heterocycles. The lowest BCUT2D eigenvalue weighted by molar-refractivity contribution is 0.109. The maximum atomic E-state index is 12.6. The minimum absolute atomic E-state index is 0.0483. The van der Waals surface area contributed by atoms with E-state index in [-0.39, 0.29) is 18.1 Å². The van der Waals surface area contributed by atoms with E-state index in [1.807, 2.05) is 0 Å². The number of rotatable bonds is 6. The van der Waals surface area contributed by atoms with E-state index in [1.54, 1.807) is 24.4 Å². The van der Waals surface area contributed by atoms with Gasteiger partial charge in [0.15, 0.2) is 0 Å². The number of carbonyl (C=O) groups excluding carboxylic acids is 1. The zero-order valence-corrected chi connectivity index (χ0v) is 13.7. The molecule has 9 heteroatoms. The van der Waals surface area contributed by atoms with Crippen molar-refractivity contribution >= 4 is 45.2 Å². The zero-order valence-electron chi connectivity index (χ0n) is 10.4. The summed E-state index contributed by atoms with van der Waals surface area (Å²) in [7, 11) is 0. The number of nitrogens with zero attached hydrogens (tertiary/aromatic N) is 2. The predicted molar refractivity (Wildman–Crippen MR) is 82.5 cm³/mol. The van der Waals surface area contributed by atoms with Crippen LogP contribution >= 0.6 is 40.5 Å². The Morgan fingerprint density at radius 1 is 1.48 bits per heavy atom. The van der Waals surface area contributed by atoms with Gasteiger partial charge >= 0.3 is 0 Å². The first kappa shape index (κ1) is 16.3. The Morgan fingerprint density at radius 2 is 2.24 bits per heavy atom. The molecule has 112 valence electrons. The summed E-state index contributed by atoms with van der Waals surface area (Å²) in [5.74, 6) is -2.30. The van der Waals surface area contributed by atoms with Crippen LogP contribution in [-0.4, -0.2) is 19.6 Å². The molecule has 0 fully saturated rings. The van der Waals surface area contributed by atoms with Crippen LogP contribution in [0.3, 0.4) is 0 Å². The number of ether oxygens (including phenoxy) is 1. The van der Waals surface area contributed by atoms with Gasteiger partial charge in [-0.2, -0.15) is 8.78 Å². The third kappa shape index (κ3) is 4.45. The molecule has 1 aromatic heterocycles. The van der Waals surface area contributed by atoms with Gasteiger partial charge in [-0.3, -0.25) is 4.79 Å². The van der Waals surface area contributed by atoms with E-state index in [2.05, 4.69) is 33.8 Å². The highest BCUT2D eigenvalue weighted by Gasteiger charge is 2.17. The van der Waals surface area contributed by atoms with Gasteiger partial charge in [-0.15, -0.1) is 5.10 Å². The van der Waals surface area contributed by atoms with E-state index < -0.39 is 10.4 Å². The summed E-state index contributed by atoms with van der Waals surface area (Å²) in [5.41, 5.74) is 0.671. The summed E-state index contributed by atoms with van der Waals surface area (Å²) < 4.78 is 31.5. The molecule has 4 nitrogen and oxygen atoms in total. The second-order valence-corrected chi connectivity index (χ2v) is 5.96. The van der Waals surface area contributed by atoms with Crippen molar-refractivity contribution in [3.8, 4) is 5.88 Å². The molecule has 1 heterocycles. The molecule has 0 atom stereocenters. The highest BCUT2D eigenvalue weighted by molar-refractivity contribution is 9.18. The molecule has 0 aliphatic rings. The van der Waals surface area contributed by atoms with E-state index in [1.165, 1.54) is 10.2 Å². The Bertz CT molecular complexity index is 652. The molecule has 0 saturated carbocycles. The van der Waals surface area contributed by atoms with Gasteiger partial charge in [-0.1, -0.05) is 23.9 Å². The van der Waals surface area contributed by atoms with E-state index >= 15 is 0 Å². The lowest BCUT2D eigenvalue weighted by Gasteiger charge is -2.12. The molecule has 0 radical (unpaired) electrons. The van der Waals surface area contributed by atoms with Crippen molar-refractivity contribution in [2.75, 3.05) is 0 Å². The molecule has 0 N–H and O–H groups in total. The third-order valence-electron chi connectivity index (χ3n) is 2.48. The van der Waals surface area contributed by atoms with Gasteiger partial charge in [0.2, 0.25) is 10.6 Å². The van der Waals surface area contributed by atoms with Crippen molar-refractivity contribution < 1.29 is 18.3 Å². The van der Waals surface area contributed by atoms with Crippen molar-refractivity contribution in [3.63, 3.8) is 0 Å². The minimum atomic E-state index is -2.58. The van der Waals surface area contributed by atoms with Gasteiger partial charge in [0.1, 0.15) is 6.61 Å². The number of carbonyl (C=O) groups is 1. The minimum Gasteiger partial charge on any atom is -0.472 e. The summed E-state index contributed by atoms with van der Waals surface area (Å²) in [4.78, 5) is 11.8. The Labute approximate surface area is 137 Å². The Hall–Kier alpha value is -1.06. The number of hydrogen-bond acceptors (Lipinski definition) is 5. The van der Waals surface area contributed by atoms with E-state index in [4.69, 9.17) is 4.74 Å². The molecule has 21 heavy (non-hydrogen) atoms. The highest BCUT2D eigenvalue weighted by atomic mass is 79.9. The van der Waals surface area contributed by atoms with Crippen molar-refractivity contribution in [1.29, 1.82) is 0 Å². The standard InChI is InChI=1S/C12H9BrF2N2O2S2/c13-11(18)7-2-1-3-9(21-12(14)15)8(7)6-19-10-4-5-17(20)16-10/h1-5,12,20H,6H2. The van der Waals surface area contributed by atoms with Crippen LogP contribution in [0.25, 0.3) is 0 Å². The fourth-order valence-electron chi connectivity index (χ4n) is 1.63. The van der Waals surface area contributed by atoms with Crippen LogP contribution in [0, 0.1) is 0 Å². The van der Waals surface area contributed by atoms with Crippen LogP contribution in [0.15, 0.2) is 35.4 Å². The van der Waals surface area contributed by atoms with Crippen LogP contribution in [-0.2, 0) is 6.61 Å². The number of hydrogen-bond donors (Lipinski definition) is 1. The van der Waals surface area contributed by atoms with Crippen molar-refractivity contribution in [3.05, 3.63) is 41.6 Å². The molecular weight excluding hydrogens is 386 g/mol. The van der Waals surface area contributed by atoms with Gasteiger partial charge in [0.05, 0.1) is 0 Å². The number of benzene rings is 1. The molecule has 1 aromatic carbocycles. The number of aromatic nitrogens is 2. The third-order valence-corrected chi connectivity index (χ3v) is 3.94. The monoisotopic (exact) mass is 394 g/mol. The molecular formula is C12H9BrF2N2O2S2. The molecule has 2 aromatic rings. The number of halogens is 3. The lowest BCUT2D eigenvalue weighted by atomic mass is 10.1. The van der Waals surface area contributed by atoms with Gasteiger partial charge < -0.3 is 4.74 Å². The smallest absolute Gasteiger partial charge is 0.288 e. The van der Waals surface area contributed by atoms with E-state index in [9.17, 15) is 13.6 Å². The molecule has 0 aliphatic heterocycles. The number of thiol groups is 1. The first-order valence-electron chi connectivity index (χ1n) is 5.61. The van der Waals surface area contributed by atoms with Crippen LogP contribution in [0.5, 0.6) is 5.88 Å². The molecule has 0 bridgehead atoms. The Balaban J connectivity index is 2.27. The van der Waals surface area contributed by atoms with Crippen molar-refractivity contribution in [2.24, 2.45) is 0 Å². The lowest BCUT2D eigenvalue weighted by Crippen LogP contribution is -2.05.